The number of nitrogens with one attached hydrogen (secondary N) is 1. The molecule has 2 atom stereocenters. The first-order chi connectivity index (χ1) is 6.86. The number of hydrogen-bond acceptors (Lipinski definition) is 2. The predicted molar refractivity (Wildman–Crippen MR) is 60.5 cm³/mol. The molecule has 1 aliphatic carbocycles. The van der Waals surface area contributed by atoms with Crippen LogP contribution in [0.1, 0.15) is 39.0 Å². The van der Waals surface area contributed by atoms with Crippen molar-refractivity contribution in [3.63, 3.8) is 0 Å². The molecule has 1 heterocycles. The third-order valence-corrected chi connectivity index (χ3v) is 3.89. The highest BCUT2D eigenvalue weighted by molar-refractivity contribution is 4.79. The van der Waals surface area contributed by atoms with Crippen molar-refractivity contribution in [1.29, 1.82) is 0 Å². The van der Waals surface area contributed by atoms with Crippen molar-refractivity contribution in [3.8, 4) is 0 Å². The van der Waals surface area contributed by atoms with Gasteiger partial charge in [0.05, 0.1) is 0 Å². The lowest BCUT2D eigenvalue weighted by Crippen LogP contribution is -2.48. The Balaban J connectivity index is 1.83. The molecule has 1 aliphatic heterocycles. The summed E-state index contributed by atoms with van der Waals surface area (Å²) in [6.07, 6.45) is 7.26. The first kappa shape index (κ1) is 10.4. The van der Waals surface area contributed by atoms with Gasteiger partial charge in [-0.25, -0.2) is 0 Å². The Hall–Kier alpha value is -0.0800. The third-order valence-electron chi connectivity index (χ3n) is 3.89. The van der Waals surface area contributed by atoms with Crippen molar-refractivity contribution in [2.45, 2.75) is 45.1 Å². The van der Waals surface area contributed by atoms with E-state index >= 15 is 0 Å². The van der Waals surface area contributed by atoms with Crippen molar-refractivity contribution in [1.82, 2.24) is 10.2 Å². The maximum Gasteiger partial charge on any atom is 0.0110 e. The third kappa shape index (κ3) is 2.71. The topological polar surface area (TPSA) is 15.3 Å². The SMILES string of the molecule is CC1CCCC(N2CCNCC2)CC1. The molecule has 2 nitrogen and oxygen atoms in total. The van der Waals surface area contributed by atoms with Crippen LogP contribution in [0.4, 0.5) is 0 Å². The average Bonchev–Trinajstić information content (AvgIpc) is 2.44. The number of nitrogens with zero attached hydrogens (tertiary/aromatic N) is 1. The minimum Gasteiger partial charge on any atom is -0.314 e. The van der Waals surface area contributed by atoms with E-state index in [-0.39, 0.29) is 0 Å². The normalized spacial score (nSPS) is 36.6. The van der Waals surface area contributed by atoms with Gasteiger partial charge < -0.3 is 5.32 Å². The van der Waals surface area contributed by atoms with Crippen LogP contribution in [0.25, 0.3) is 0 Å². The van der Waals surface area contributed by atoms with Crippen LogP contribution in [0, 0.1) is 5.92 Å². The molecular weight excluding hydrogens is 172 g/mol. The van der Waals surface area contributed by atoms with Gasteiger partial charge in [0.15, 0.2) is 0 Å². The summed E-state index contributed by atoms with van der Waals surface area (Å²) in [5.41, 5.74) is 0. The first-order valence-corrected chi connectivity index (χ1v) is 6.31. The minimum absolute atomic E-state index is 0.905. The summed E-state index contributed by atoms with van der Waals surface area (Å²) < 4.78 is 0. The molecule has 2 fully saturated rings. The Morgan fingerprint density at radius 1 is 1.00 bits per heavy atom. The minimum atomic E-state index is 0.905. The quantitative estimate of drug-likeness (QED) is 0.644. The Labute approximate surface area is 88.1 Å². The van der Waals surface area contributed by atoms with Gasteiger partial charge in [0, 0.05) is 32.2 Å². The number of hydrogen-bond donors (Lipinski definition) is 1. The molecular formula is C12H24N2. The van der Waals surface area contributed by atoms with E-state index in [1.807, 2.05) is 0 Å². The van der Waals surface area contributed by atoms with Gasteiger partial charge in [-0.15, -0.1) is 0 Å². The van der Waals surface area contributed by atoms with Gasteiger partial charge in [-0.1, -0.05) is 19.8 Å². The van der Waals surface area contributed by atoms with Crippen LogP contribution >= 0.6 is 0 Å². The van der Waals surface area contributed by atoms with E-state index in [4.69, 9.17) is 0 Å². The van der Waals surface area contributed by atoms with Gasteiger partial charge in [-0.2, -0.15) is 0 Å². The largest absolute Gasteiger partial charge is 0.314 e. The van der Waals surface area contributed by atoms with Crippen molar-refractivity contribution in [3.05, 3.63) is 0 Å². The Morgan fingerprint density at radius 2 is 1.79 bits per heavy atom. The zero-order valence-corrected chi connectivity index (χ0v) is 9.47. The molecule has 0 spiro atoms. The van der Waals surface area contributed by atoms with Gasteiger partial charge in [0.25, 0.3) is 0 Å². The van der Waals surface area contributed by atoms with Crippen LogP contribution in [-0.2, 0) is 0 Å². The van der Waals surface area contributed by atoms with Crippen molar-refractivity contribution in [2.75, 3.05) is 26.2 Å². The molecule has 0 radical (unpaired) electrons. The van der Waals surface area contributed by atoms with E-state index in [0.717, 1.165) is 12.0 Å². The molecule has 0 bridgehead atoms. The monoisotopic (exact) mass is 196 g/mol. The molecule has 82 valence electrons. The second-order valence-corrected chi connectivity index (χ2v) is 5.05. The lowest BCUT2D eigenvalue weighted by Gasteiger charge is -2.34. The highest BCUT2D eigenvalue weighted by Crippen LogP contribution is 2.25. The van der Waals surface area contributed by atoms with Crippen LogP contribution in [-0.4, -0.2) is 37.1 Å². The van der Waals surface area contributed by atoms with E-state index in [1.54, 1.807) is 0 Å². The fourth-order valence-corrected chi connectivity index (χ4v) is 2.88. The number of piperazine rings is 1. The molecule has 1 saturated heterocycles. The fourth-order valence-electron chi connectivity index (χ4n) is 2.88. The van der Waals surface area contributed by atoms with Crippen LogP contribution in [0.2, 0.25) is 0 Å². The Morgan fingerprint density at radius 3 is 2.57 bits per heavy atom. The lowest BCUT2D eigenvalue weighted by atomic mass is 10.0. The Kier molecular flexibility index (Phi) is 3.82. The van der Waals surface area contributed by atoms with E-state index in [9.17, 15) is 0 Å². The van der Waals surface area contributed by atoms with Crippen molar-refractivity contribution < 1.29 is 0 Å². The first-order valence-electron chi connectivity index (χ1n) is 6.31. The fraction of sp³-hybridized carbons (Fsp3) is 1.00. The van der Waals surface area contributed by atoms with E-state index in [1.165, 1.54) is 58.3 Å². The molecule has 1 N–H and O–H groups in total. The molecule has 0 aromatic rings. The van der Waals surface area contributed by atoms with Gasteiger partial charge in [0.2, 0.25) is 0 Å². The highest BCUT2D eigenvalue weighted by Gasteiger charge is 2.22. The predicted octanol–water partition coefficient (Wildman–Crippen LogP) is 1.86. The molecule has 2 unspecified atom stereocenters. The Bertz CT molecular complexity index is 164. The van der Waals surface area contributed by atoms with Crippen LogP contribution in [0.15, 0.2) is 0 Å². The summed E-state index contributed by atoms with van der Waals surface area (Å²) in [5.74, 6) is 0.975. The summed E-state index contributed by atoms with van der Waals surface area (Å²) in [5, 5.41) is 3.44. The zero-order valence-electron chi connectivity index (χ0n) is 9.47. The van der Waals surface area contributed by atoms with Gasteiger partial charge in [-0.3, -0.25) is 4.90 Å². The van der Waals surface area contributed by atoms with E-state index in [0.29, 0.717) is 0 Å². The smallest absolute Gasteiger partial charge is 0.0110 e. The van der Waals surface area contributed by atoms with Crippen LogP contribution in [0.3, 0.4) is 0 Å². The summed E-state index contributed by atoms with van der Waals surface area (Å²) >= 11 is 0. The van der Waals surface area contributed by atoms with Gasteiger partial charge in [-0.05, 0) is 25.2 Å². The van der Waals surface area contributed by atoms with Crippen LogP contribution < -0.4 is 5.32 Å². The summed E-state index contributed by atoms with van der Waals surface area (Å²) in [6, 6.07) is 0.905. The number of rotatable bonds is 1. The summed E-state index contributed by atoms with van der Waals surface area (Å²) in [4.78, 5) is 2.72. The molecule has 14 heavy (non-hydrogen) atoms. The molecule has 2 aliphatic rings. The molecule has 2 rings (SSSR count). The zero-order chi connectivity index (χ0) is 9.80. The van der Waals surface area contributed by atoms with E-state index in [2.05, 4.69) is 17.1 Å². The van der Waals surface area contributed by atoms with Crippen LogP contribution in [0.5, 0.6) is 0 Å². The molecule has 0 amide bonds. The maximum atomic E-state index is 3.44. The standard InChI is InChI=1S/C12H24N2/c1-11-3-2-4-12(6-5-11)14-9-7-13-8-10-14/h11-13H,2-10H2,1H3. The lowest BCUT2D eigenvalue weighted by molar-refractivity contribution is 0.157. The van der Waals surface area contributed by atoms with Crippen molar-refractivity contribution in [2.24, 2.45) is 5.92 Å². The summed E-state index contributed by atoms with van der Waals surface area (Å²) in [6.45, 7) is 7.37. The highest BCUT2D eigenvalue weighted by atomic mass is 15.2. The molecule has 0 aromatic heterocycles. The second-order valence-electron chi connectivity index (χ2n) is 5.05. The van der Waals surface area contributed by atoms with E-state index < -0.39 is 0 Å². The maximum absolute atomic E-state index is 3.44. The molecule has 2 heteroatoms. The molecule has 1 saturated carbocycles. The average molecular weight is 196 g/mol. The summed E-state index contributed by atoms with van der Waals surface area (Å²) in [7, 11) is 0. The van der Waals surface area contributed by atoms with Gasteiger partial charge >= 0.3 is 0 Å². The second kappa shape index (κ2) is 5.13. The van der Waals surface area contributed by atoms with Gasteiger partial charge in [0.1, 0.15) is 0 Å². The molecule has 0 aromatic carbocycles. The van der Waals surface area contributed by atoms with Crippen molar-refractivity contribution >= 4 is 0 Å².